The second-order valence-electron chi connectivity index (χ2n) is 6.34. The normalized spacial score (nSPS) is 18.1. The molecule has 2 N–H and O–H groups in total. The number of benzene rings is 1. The van der Waals surface area contributed by atoms with Crippen LogP contribution >= 0.6 is 0 Å². The highest BCUT2D eigenvalue weighted by Crippen LogP contribution is 2.19. The number of aromatic nitrogens is 1. The van der Waals surface area contributed by atoms with Crippen LogP contribution in [0.15, 0.2) is 48.8 Å². The molecule has 1 amide bonds. The molecule has 1 aliphatic rings. The van der Waals surface area contributed by atoms with E-state index in [9.17, 15) is 10.1 Å². The predicted octanol–water partition coefficient (Wildman–Crippen LogP) is 2.44. The maximum Gasteiger partial charge on any atom is 0.238 e. The van der Waals surface area contributed by atoms with Crippen molar-refractivity contribution in [3.05, 3.63) is 54.4 Å². The van der Waals surface area contributed by atoms with Gasteiger partial charge in [0.05, 0.1) is 12.1 Å². The summed E-state index contributed by atoms with van der Waals surface area (Å²) in [4.78, 5) is 16.4. The first kappa shape index (κ1) is 17.1. The summed E-state index contributed by atoms with van der Waals surface area (Å²) in [6.07, 6.45) is 7.07. The molecule has 1 aliphatic heterocycles. The van der Waals surface area contributed by atoms with E-state index in [0.29, 0.717) is 6.42 Å². The Morgan fingerprint density at radius 3 is 2.76 bits per heavy atom. The number of carbonyl (C=O) groups is 1. The molecule has 5 heteroatoms. The van der Waals surface area contributed by atoms with E-state index in [1.54, 1.807) is 6.20 Å². The number of piperidine rings is 1. The van der Waals surface area contributed by atoms with E-state index in [-0.39, 0.29) is 11.9 Å². The summed E-state index contributed by atoms with van der Waals surface area (Å²) in [5.74, 6) is -0.0711. The third-order valence-corrected chi connectivity index (χ3v) is 4.49. The molecule has 0 spiro atoms. The summed E-state index contributed by atoms with van der Waals surface area (Å²) >= 11 is 0. The first-order valence-corrected chi connectivity index (χ1v) is 8.69. The zero-order valence-corrected chi connectivity index (χ0v) is 14.1. The van der Waals surface area contributed by atoms with Crippen LogP contribution in [0.25, 0.3) is 11.1 Å². The molecule has 128 valence electrons. The highest BCUT2D eigenvalue weighted by molar-refractivity contribution is 5.82. The lowest BCUT2D eigenvalue weighted by Crippen LogP contribution is -2.49. The number of hydrogen-bond acceptors (Lipinski definition) is 4. The summed E-state index contributed by atoms with van der Waals surface area (Å²) in [5.41, 5.74) is 3.17. The monoisotopic (exact) mass is 334 g/mol. The zero-order valence-electron chi connectivity index (χ0n) is 14.1. The van der Waals surface area contributed by atoms with Crippen molar-refractivity contribution >= 4 is 5.91 Å². The van der Waals surface area contributed by atoms with Gasteiger partial charge in [-0.25, -0.2) is 0 Å². The minimum absolute atomic E-state index is 0.0711. The van der Waals surface area contributed by atoms with Crippen LogP contribution in [0.1, 0.15) is 24.8 Å². The molecule has 5 nitrogen and oxygen atoms in total. The van der Waals surface area contributed by atoms with Crippen molar-refractivity contribution in [2.45, 2.75) is 37.8 Å². The van der Waals surface area contributed by atoms with E-state index >= 15 is 0 Å². The van der Waals surface area contributed by atoms with E-state index in [1.807, 2.05) is 42.6 Å². The van der Waals surface area contributed by atoms with Crippen LogP contribution in [0.4, 0.5) is 0 Å². The van der Waals surface area contributed by atoms with Gasteiger partial charge in [0.25, 0.3) is 0 Å². The number of nitrogens with zero attached hydrogens (tertiary/aromatic N) is 2. The van der Waals surface area contributed by atoms with Crippen LogP contribution < -0.4 is 10.6 Å². The molecule has 1 saturated heterocycles. The van der Waals surface area contributed by atoms with Gasteiger partial charge in [-0.2, -0.15) is 5.26 Å². The van der Waals surface area contributed by atoms with Crippen molar-refractivity contribution in [2.75, 3.05) is 6.54 Å². The molecule has 1 fully saturated rings. The second kappa shape index (κ2) is 8.41. The number of amides is 1. The Morgan fingerprint density at radius 1 is 1.28 bits per heavy atom. The Morgan fingerprint density at radius 2 is 2.12 bits per heavy atom. The van der Waals surface area contributed by atoms with E-state index in [1.165, 1.54) is 0 Å². The van der Waals surface area contributed by atoms with Crippen LogP contribution in [0.2, 0.25) is 0 Å². The van der Waals surface area contributed by atoms with Gasteiger partial charge in [-0.1, -0.05) is 36.8 Å². The fraction of sp³-hybridized carbons (Fsp3) is 0.350. The van der Waals surface area contributed by atoms with Crippen LogP contribution in [0.5, 0.6) is 0 Å². The smallest absolute Gasteiger partial charge is 0.238 e. The number of nitrogens with one attached hydrogen (secondary N) is 2. The van der Waals surface area contributed by atoms with Gasteiger partial charge in [0.2, 0.25) is 5.91 Å². The lowest BCUT2D eigenvalue weighted by atomic mass is 10.0. The first-order valence-electron chi connectivity index (χ1n) is 8.69. The van der Waals surface area contributed by atoms with Crippen LogP contribution in [-0.2, 0) is 11.2 Å². The third-order valence-electron chi connectivity index (χ3n) is 4.49. The minimum Gasteiger partial charge on any atom is -0.339 e. The Hall–Kier alpha value is -2.71. The van der Waals surface area contributed by atoms with Crippen LogP contribution in [0, 0.1) is 11.3 Å². The molecule has 0 aliphatic carbocycles. The Kier molecular flexibility index (Phi) is 5.76. The molecule has 2 aromatic rings. The van der Waals surface area contributed by atoms with Crippen molar-refractivity contribution in [3.8, 4) is 17.2 Å². The Bertz CT molecular complexity index is 731. The molecule has 0 saturated carbocycles. The topological polar surface area (TPSA) is 77.8 Å². The molecule has 0 bridgehead atoms. The van der Waals surface area contributed by atoms with Crippen molar-refractivity contribution in [1.82, 2.24) is 15.6 Å². The molecule has 1 aromatic carbocycles. The minimum atomic E-state index is -0.513. The third kappa shape index (κ3) is 4.65. The van der Waals surface area contributed by atoms with Crippen molar-refractivity contribution in [1.29, 1.82) is 5.26 Å². The quantitative estimate of drug-likeness (QED) is 0.880. The lowest BCUT2D eigenvalue weighted by Gasteiger charge is -2.23. The van der Waals surface area contributed by atoms with E-state index in [0.717, 1.165) is 42.5 Å². The average molecular weight is 334 g/mol. The van der Waals surface area contributed by atoms with Gasteiger partial charge in [-0.3, -0.25) is 9.78 Å². The fourth-order valence-electron chi connectivity index (χ4n) is 3.08. The molecule has 1 unspecified atom stereocenters. The van der Waals surface area contributed by atoms with Gasteiger partial charge in [0.15, 0.2) is 0 Å². The largest absolute Gasteiger partial charge is 0.339 e. The molecule has 3 rings (SSSR count). The van der Waals surface area contributed by atoms with Gasteiger partial charge in [-0.15, -0.1) is 0 Å². The van der Waals surface area contributed by atoms with Gasteiger partial charge < -0.3 is 10.6 Å². The molecular formula is C20H22N4O. The van der Waals surface area contributed by atoms with Crippen LogP contribution in [0.3, 0.4) is 0 Å². The van der Waals surface area contributed by atoms with Gasteiger partial charge in [0, 0.05) is 18.8 Å². The summed E-state index contributed by atoms with van der Waals surface area (Å²) in [5, 5.41) is 15.4. The number of pyridine rings is 1. The maximum absolute atomic E-state index is 12.3. The van der Waals surface area contributed by atoms with Gasteiger partial charge in [0.1, 0.15) is 6.04 Å². The van der Waals surface area contributed by atoms with Crippen molar-refractivity contribution in [2.24, 2.45) is 0 Å². The molecule has 2 atom stereocenters. The molecule has 0 radical (unpaired) electrons. The standard InChI is InChI=1S/C20H22N4O/c21-13-18(24-20(25)19-5-1-2-11-23-19)12-15-6-8-16(9-7-15)17-4-3-10-22-14-17/h3-4,6-10,14,18-19,23H,1-2,5,11-12H2,(H,24,25)/t18-,19?/m0/s1. The molecular weight excluding hydrogens is 312 g/mol. The average Bonchev–Trinajstić information content (AvgIpc) is 2.69. The van der Waals surface area contributed by atoms with Crippen LogP contribution in [-0.4, -0.2) is 29.5 Å². The summed E-state index contributed by atoms with van der Waals surface area (Å²) < 4.78 is 0. The SMILES string of the molecule is N#C[C@H](Cc1ccc(-c2cccnc2)cc1)NC(=O)C1CCCCN1. The predicted molar refractivity (Wildman–Crippen MR) is 96.6 cm³/mol. The van der Waals surface area contributed by atoms with E-state index in [2.05, 4.69) is 21.7 Å². The number of rotatable bonds is 5. The van der Waals surface area contributed by atoms with Gasteiger partial charge >= 0.3 is 0 Å². The maximum atomic E-state index is 12.3. The Balaban J connectivity index is 1.60. The highest BCUT2D eigenvalue weighted by atomic mass is 16.2. The Labute approximate surface area is 148 Å². The van der Waals surface area contributed by atoms with Crippen molar-refractivity contribution in [3.63, 3.8) is 0 Å². The van der Waals surface area contributed by atoms with Crippen molar-refractivity contribution < 1.29 is 4.79 Å². The molecule has 25 heavy (non-hydrogen) atoms. The summed E-state index contributed by atoms with van der Waals surface area (Å²) in [7, 11) is 0. The first-order chi connectivity index (χ1) is 12.3. The zero-order chi connectivity index (χ0) is 17.5. The summed E-state index contributed by atoms with van der Waals surface area (Å²) in [6.45, 7) is 0.866. The summed E-state index contributed by atoms with van der Waals surface area (Å²) in [6, 6.07) is 13.5. The fourth-order valence-corrected chi connectivity index (χ4v) is 3.08. The highest BCUT2D eigenvalue weighted by Gasteiger charge is 2.22. The van der Waals surface area contributed by atoms with E-state index < -0.39 is 6.04 Å². The van der Waals surface area contributed by atoms with Gasteiger partial charge in [-0.05, 0) is 42.1 Å². The molecule has 1 aromatic heterocycles. The number of hydrogen-bond donors (Lipinski definition) is 2. The number of carbonyl (C=O) groups excluding carboxylic acids is 1. The second-order valence-corrected chi connectivity index (χ2v) is 6.34. The lowest BCUT2D eigenvalue weighted by molar-refractivity contribution is -0.124. The number of nitriles is 1. The molecule has 2 heterocycles. The van der Waals surface area contributed by atoms with E-state index in [4.69, 9.17) is 0 Å².